The molecule has 0 unspecified atom stereocenters. The fraction of sp³-hybridized carbons (Fsp3) is 0.364. The standard InChI is InChI=1S/C11H15N3OS/c12-11-14-9(8-16-11)3-5-13-6-4-10-2-1-7-15-10/h1-2,7-8,13H,3-6H2,(H2,12,14). The van der Waals surface area contributed by atoms with Gasteiger partial charge in [-0.2, -0.15) is 0 Å². The number of nitrogens with one attached hydrogen (secondary N) is 1. The minimum atomic E-state index is 0.644. The number of nitrogens with zero attached hydrogens (tertiary/aromatic N) is 1. The van der Waals surface area contributed by atoms with E-state index in [1.165, 1.54) is 11.3 Å². The molecule has 5 heteroatoms. The fourth-order valence-electron chi connectivity index (χ4n) is 1.45. The van der Waals surface area contributed by atoms with E-state index in [1.54, 1.807) is 6.26 Å². The molecular formula is C11H15N3OS. The van der Waals surface area contributed by atoms with Crippen LogP contribution in [-0.4, -0.2) is 18.1 Å². The highest BCUT2D eigenvalue weighted by Gasteiger charge is 1.98. The molecule has 4 nitrogen and oxygen atoms in total. The Labute approximate surface area is 98.5 Å². The molecule has 16 heavy (non-hydrogen) atoms. The monoisotopic (exact) mass is 237 g/mol. The van der Waals surface area contributed by atoms with Gasteiger partial charge in [-0.05, 0) is 12.1 Å². The molecule has 2 heterocycles. The van der Waals surface area contributed by atoms with E-state index in [1.807, 2.05) is 17.5 Å². The molecule has 0 spiro atoms. The summed E-state index contributed by atoms with van der Waals surface area (Å²) in [5.41, 5.74) is 6.61. The highest BCUT2D eigenvalue weighted by Crippen LogP contribution is 2.10. The second kappa shape index (κ2) is 5.67. The van der Waals surface area contributed by atoms with Gasteiger partial charge in [-0.15, -0.1) is 11.3 Å². The van der Waals surface area contributed by atoms with Crippen molar-refractivity contribution < 1.29 is 4.42 Å². The Bertz CT molecular complexity index is 411. The van der Waals surface area contributed by atoms with Gasteiger partial charge in [-0.25, -0.2) is 4.98 Å². The molecule has 2 aromatic heterocycles. The normalized spacial score (nSPS) is 10.8. The van der Waals surface area contributed by atoms with Gasteiger partial charge in [0.05, 0.1) is 12.0 Å². The lowest BCUT2D eigenvalue weighted by Gasteiger charge is -2.01. The van der Waals surface area contributed by atoms with Crippen LogP contribution in [-0.2, 0) is 12.8 Å². The van der Waals surface area contributed by atoms with E-state index in [2.05, 4.69) is 10.3 Å². The van der Waals surface area contributed by atoms with E-state index in [0.29, 0.717) is 5.13 Å². The summed E-state index contributed by atoms with van der Waals surface area (Å²) < 4.78 is 5.23. The minimum Gasteiger partial charge on any atom is -0.469 e. The van der Waals surface area contributed by atoms with Gasteiger partial charge < -0.3 is 15.5 Å². The Morgan fingerprint density at radius 3 is 2.94 bits per heavy atom. The van der Waals surface area contributed by atoms with Crippen molar-refractivity contribution in [1.82, 2.24) is 10.3 Å². The highest BCUT2D eigenvalue weighted by molar-refractivity contribution is 7.13. The number of hydrogen-bond acceptors (Lipinski definition) is 5. The smallest absolute Gasteiger partial charge is 0.180 e. The molecular weight excluding hydrogens is 222 g/mol. The second-order valence-electron chi connectivity index (χ2n) is 3.51. The van der Waals surface area contributed by atoms with Gasteiger partial charge in [0.2, 0.25) is 0 Å². The first-order chi connectivity index (χ1) is 7.84. The Morgan fingerprint density at radius 1 is 1.38 bits per heavy atom. The molecule has 86 valence electrons. The first kappa shape index (κ1) is 11.2. The van der Waals surface area contributed by atoms with Gasteiger partial charge in [-0.3, -0.25) is 0 Å². The van der Waals surface area contributed by atoms with E-state index in [-0.39, 0.29) is 0 Å². The molecule has 0 amide bonds. The predicted molar refractivity (Wildman–Crippen MR) is 65.5 cm³/mol. The molecule has 0 saturated heterocycles. The summed E-state index contributed by atoms with van der Waals surface area (Å²) in [6.45, 7) is 1.84. The third-order valence-corrected chi connectivity index (χ3v) is 2.98. The fourth-order valence-corrected chi connectivity index (χ4v) is 2.04. The van der Waals surface area contributed by atoms with Gasteiger partial charge in [0.25, 0.3) is 0 Å². The van der Waals surface area contributed by atoms with Crippen molar-refractivity contribution in [3.05, 3.63) is 35.2 Å². The van der Waals surface area contributed by atoms with Crippen LogP contribution >= 0.6 is 11.3 Å². The van der Waals surface area contributed by atoms with E-state index >= 15 is 0 Å². The zero-order valence-corrected chi connectivity index (χ0v) is 9.80. The molecule has 0 aliphatic rings. The van der Waals surface area contributed by atoms with Crippen LogP contribution in [0.2, 0.25) is 0 Å². The summed E-state index contributed by atoms with van der Waals surface area (Å²) in [6, 6.07) is 3.90. The van der Waals surface area contributed by atoms with Crippen molar-refractivity contribution in [3.8, 4) is 0 Å². The first-order valence-electron chi connectivity index (χ1n) is 5.27. The lowest BCUT2D eigenvalue weighted by atomic mass is 10.3. The van der Waals surface area contributed by atoms with Crippen molar-refractivity contribution in [2.45, 2.75) is 12.8 Å². The second-order valence-corrected chi connectivity index (χ2v) is 4.40. The zero-order chi connectivity index (χ0) is 11.2. The number of nitrogens with two attached hydrogens (primary N) is 1. The highest BCUT2D eigenvalue weighted by atomic mass is 32.1. The lowest BCUT2D eigenvalue weighted by molar-refractivity contribution is 0.499. The Balaban J connectivity index is 1.59. The zero-order valence-electron chi connectivity index (χ0n) is 8.98. The van der Waals surface area contributed by atoms with Gasteiger partial charge in [-0.1, -0.05) is 0 Å². The Morgan fingerprint density at radius 2 is 2.25 bits per heavy atom. The number of anilines is 1. The van der Waals surface area contributed by atoms with E-state index in [4.69, 9.17) is 10.2 Å². The van der Waals surface area contributed by atoms with Crippen LogP contribution in [0.3, 0.4) is 0 Å². The average molecular weight is 237 g/mol. The topological polar surface area (TPSA) is 64.1 Å². The maximum atomic E-state index is 5.55. The van der Waals surface area contributed by atoms with Gasteiger partial charge in [0.15, 0.2) is 5.13 Å². The molecule has 0 aliphatic heterocycles. The summed E-state index contributed by atoms with van der Waals surface area (Å²) in [5.74, 6) is 1.02. The van der Waals surface area contributed by atoms with Gasteiger partial charge in [0.1, 0.15) is 5.76 Å². The van der Waals surface area contributed by atoms with Crippen LogP contribution in [0.15, 0.2) is 28.2 Å². The third-order valence-electron chi connectivity index (χ3n) is 2.26. The summed E-state index contributed by atoms with van der Waals surface area (Å²) in [5, 5.41) is 5.99. The molecule has 0 aromatic carbocycles. The van der Waals surface area contributed by atoms with Crippen LogP contribution < -0.4 is 11.1 Å². The SMILES string of the molecule is Nc1nc(CCNCCc2ccco2)cs1. The number of rotatable bonds is 6. The number of aromatic nitrogens is 1. The molecule has 2 rings (SSSR count). The van der Waals surface area contributed by atoms with Crippen molar-refractivity contribution in [2.75, 3.05) is 18.8 Å². The van der Waals surface area contributed by atoms with Crippen LogP contribution in [0.1, 0.15) is 11.5 Å². The summed E-state index contributed by atoms with van der Waals surface area (Å²) in [4.78, 5) is 4.20. The average Bonchev–Trinajstić information content (AvgIpc) is 2.89. The van der Waals surface area contributed by atoms with E-state index in [0.717, 1.165) is 37.4 Å². The maximum absolute atomic E-state index is 5.55. The molecule has 0 saturated carbocycles. The predicted octanol–water partition coefficient (Wildman–Crippen LogP) is 1.69. The van der Waals surface area contributed by atoms with Gasteiger partial charge >= 0.3 is 0 Å². The van der Waals surface area contributed by atoms with Crippen molar-refractivity contribution >= 4 is 16.5 Å². The number of furan rings is 1. The van der Waals surface area contributed by atoms with Crippen molar-refractivity contribution in [3.63, 3.8) is 0 Å². The van der Waals surface area contributed by atoms with Crippen LogP contribution in [0.5, 0.6) is 0 Å². The summed E-state index contributed by atoms with van der Waals surface area (Å²) in [7, 11) is 0. The van der Waals surface area contributed by atoms with Crippen LogP contribution in [0.4, 0.5) is 5.13 Å². The van der Waals surface area contributed by atoms with Crippen LogP contribution in [0, 0.1) is 0 Å². The van der Waals surface area contributed by atoms with Crippen molar-refractivity contribution in [2.24, 2.45) is 0 Å². The third kappa shape index (κ3) is 3.36. The van der Waals surface area contributed by atoms with Gasteiger partial charge in [0, 0.05) is 31.3 Å². The molecule has 0 atom stereocenters. The summed E-state index contributed by atoms with van der Waals surface area (Å²) in [6.07, 6.45) is 3.55. The quantitative estimate of drug-likeness (QED) is 0.750. The minimum absolute atomic E-state index is 0.644. The first-order valence-corrected chi connectivity index (χ1v) is 6.15. The van der Waals surface area contributed by atoms with Crippen molar-refractivity contribution in [1.29, 1.82) is 0 Å². The molecule has 2 aromatic rings. The number of thiazole rings is 1. The summed E-state index contributed by atoms with van der Waals surface area (Å²) >= 11 is 1.49. The lowest BCUT2D eigenvalue weighted by Crippen LogP contribution is -2.20. The molecule has 3 N–H and O–H groups in total. The molecule has 0 fully saturated rings. The largest absolute Gasteiger partial charge is 0.469 e. The molecule has 0 radical (unpaired) electrons. The van der Waals surface area contributed by atoms with E-state index in [9.17, 15) is 0 Å². The van der Waals surface area contributed by atoms with Crippen LogP contribution in [0.25, 0.3) is 0 Å². The Hall–Kier alpha value is -1.33. The Kier molecular flexibility index (Phi) is 3.96. The maximum Gasteiger partial charge on any atom is 0.180 e. The van der Waals surface area contributed by atoms with E-state index < -0.39 is 0 Å². The number of nitrogen functional groups attached to an aromatic ring is 1. The number of hydrogen-bond donors (Lipinski definition) is 2. The molecule has 0 aliphatic carbocycles. The molecule has 0 bridgehead atoms.